The molecule has 112 valence electrons. The van der Waals surface area contributed by atoms with Gasteiger partial charge in [-0.3, -0.25) is 4.79 Å². The van der Waals surface area contributed by atoms with Crippen LogP contribution in [0, 0.1) is 6.92 Å². The van der Waals surface area contributed by atoms with Crippen molar-refractivity contribution in [3.05, 3.63) is 30.1 Å². The summed E-state index contributed by atoms with van der Waals surface area (Å²) >= 11 is 0. The van der Waals surface area contributed by atoms with Crippen molar-refractivity contribution in [2.75, 3.05) is 20.2 Å². The number of carbonyl (C=O) groups is 1. The molecular weight excluding hydrogens is 270 g/mol. The zero-order valence-electron chi connectivity index (χ0n) is 12.2. The van der Waals surface area contributed by atoms with Gasteiger partial charge in [0.05, 0.1) is 17.1 Å². The standard InChI is InChI=1S/C15H19N3O3/c1-10-16-11-5-3-4-6-12(11)18(10)9-15(20)17-7-13(19)14(8-17)21-2/h3-6,13-14,19H,7-9H2,1-2H3/t13-,14-/m0/s1. The molecule has 1 fully saturated rings. The van der Waals surface area contributed by atoms with Gasteiger partial charge in [-0.2, -0.15) is 0 Å². The van der Waals surface area contributed by atoms with E-state index in [1.165, 1.54) is 0 Å². The lowest BCUT2D eigenvalue weighted by Crippen LogP contribution is -2.33. The molecular formula is C15H19N3O3. The summed E-state index contributed by atoms with van der Waals surface area (Å²) in [5.41, 5.74) is 1.84. The zero-order valence-corrected chi connectivity index (χ0v) is 12.2. The van der Waals surface area contributed by atoms with Crippen molar-refractivity contribution in [2.45, 2.75) is 25.7 Å². The smallest absolute Gasteiger partial charge is 0.242 e. The second kappa shape index (κ2) is 5.46. The summed E-state index contributed by atoms with van der Waals surface area (Å²) in [5.74, 6) is 0.785. The Morgan fingerprint density at radius 3 is 2.90 bits per heavy atom. The van der Waals surface area contributed by atoms with Crippen LogP contribution in [0.15, 0.2) is 24.3 Å². The number of β-amino-alcohol motifs (C(OH)–C–C–N with tert-alkyl or cyclic N) is 1. The monoisotopic (exact) mass is 289 g/mol. The summed E-state index contributed by atoms with van der Waals surface area (Å²) in [6.45, 7) is 2.88. The van der Waals surface area contributed by atoms with Crippen molar-refractivity contribution < 1.29 is 14.6 Å². The van der Waals surface area contributed by atoms with Gasteiger partial charge in [0.15, 0.2) is 0 Å². The Labute approximate surface area is 122 Å². The normalized spacial score (nSPS) is 22.1. The van der Waals surface area contributed by atoms with Gasteiger partial charge in [-0.25, -0.2) is 4.98 Å². The Hall–Kier alpha value is -1.92. The number of amides is 1. The molecule has 2 atom stereocenters. The maximum Gasteiger partial charge on any atom is 0.242 e. The number of aliphatic hydroxyl groups excluding tert-OH is 1. The highest BCUT2D eigenvalue weighted by molar-refractivity contribution is 5.81. The summed E-state index contributed by atoms with van der Waals surface area (Å²) in [6, 6.07) is 7.76. The van der Waals surface area contributed by atoms with Crippen molar-refractivity contribution >= 4 is 16.9 Å². The lowest BCUT2D eigenvalue weighted by atomic mass is 10.3. The number of ether oxygens (including phenoxy) is 1. The molecule has 21 heavy (non-hydrogen) atoms. The van der Waals surface area contributed by atoms with Crippen LogP contribution in [-0.2, 0) is 16.1 Å². The number of para-hydroxylation sites is 2. The molecule has 0 aliphatic carbocycles. The van der Waals surface area contributed by atoms with Gasteiger partial charge in [0.2, 0.25) is 5.91 Å². The number of nitrogens with zero attached hydrogens (tertiary/aromatic N) is 3. The van der Waals surface area contributed by atoms with E-state index in [0.29, 0.717) is 13.1 Å². The minimum Gasteiger partial charge on any atom is -0.388 e. The zero-order chi connectivity index (χ0) is 15.0. The van der Waals surface area contributed by atoms with Gasteiger partial charge < -0.3 is 19.3 Å². The van der Waals surface area contributed by atoms with Crippen LogP contribution >= 0.6 is 0 Å². The van der Waals surface area contributed by atoms with Crippen LogP contribution in [0.2, 0.25) is 0 Å². The van der Waals surface area contributed by atoms with Crippen LogP contribution in [0.5, 0.6) is 0 Å². The number of aryl methyl sites for hydroxylation is 1. The molecule has 1 amide bonds. The van der Waals surface area contributed by atoms with Crippen LogP contribution in [0.4, 0.5) is 0 Å². The van der Waals surface area contributed by atoms with E-state index in [1.807, 2.05) is 35.8 Å². The van der Waals surface area contributed by atoms with Gasteiger partial charge >= 0.3 is 0 Å². The molecule has 1 saturated heterocycles. The number of aliphatic hydroxyl groups is 1. The number of hydrogen-bond acceptors (Lipinski definition) is 4. The maximum absolute atomic E-state index is 12.4. The number of carbonyl (C=O) groups excluding carboxylic acids is 1. The molecule has 1 N–H and O–H groups in total. The van der Waals surface area contributed by atoms with Gasteiger partial charge in [0, 0.05) is 20.2 Å². The van der Waals surface area contributed by atoms with Gasteiger partial charge in [0.1, 0.15) is 18.5 Å². The Morgan fingerprint density at radius 1 is 1.43 bits per heavy atom. The minimum atomic E-state index is -0.612. The van der Waals surface area contributed by atoms with Crippen LogP contribution in [-0.4, -0.2) is 57.9 Å². The van der Waals surface area contributed by atoms with Crippen LogP contribution < -0.4 is 0 Å². The van der Waals surface area contributed by atoms with Crippen LogP contribution in [0.25, 0.3) is 11.0 Å². The summed E-state index contributed by atoms with van der Waals surface area (Å²) in [6.07, 6.45) is -0.908. The fourth-order valence-corrected chi connectivity index (χ4v) is 2.82. The number of rotatable bonds is 3. The molecule has 6 heteroatoms. The van der Waals surface area contributed by atoms with Gasteiger partial charge in [-0.05, 0) is 19.1 Å². The molecule has 2 aromatic rings. The Balaban J connectivity index is 1.80. The van der Waals surface area contributed by atoms with E-state index in [1.54, 1.807) is 12.0 Å². The van der Waals surface area contributed by atoms with Gasteiger partial charge in [-0.15, -0.1) is 0 Å². The number of benzene rings is 1. The molecule has 0 saturated carbocycles. The topological polar surface area (TPSA) is 67.6 Å². The number of aromatic nitrogens is 2. The SMILES string of the molecule is CO[C@H]1CN(C(=O)Cn2c(C)nc3ccccc32)C[C@@H]1O. The molecule has 1 aliphatic rings. The minimum absolute atomic E-state index is 0.0279. The highest BCUT2D eigenvalue weighted by atomic mass is 16.5. The highest BCUT2D eigenvalue weighted by Crippen LogP contribution is 2.18. The van der Waals surface area contributed by atoms with Crippen molar-refractivity contribution in [1.29, 1.82) is 0 Å². The largest absolute Gasteiger partial charge is 0.388 e. The molecule has 0 bridgehead atoms. The first-order chi connectivity index (χ1) is 10.1. The predicted molar refractivity (Wildman–Crippen MR) is 77.9 cm³/mol. The molecule has 0 spiro atoms. The molecule has 0 radical (unpaired) electrons. The Kier molecular flexibility index (Phi) is 3.65. The summed E-state index contributed by atoms with van der Waals surface area (Å²) in [5, 5.41) is 9.82. The number of imidazole rings is 1. The second-order valence-electron chi connectivity index (χ2n) is 5.37. The average molecular weight is 289 g/mol. The van der Waals surface area contributed by atoms with E-state index in [-0.39, 0.29) is 18.6 Å². The van der Waals surface area contributed by atoms with E-state index in [0.717, 1.165) is 16.9 Å². The molecule has 2 heterocycles. The van der Waals surface area contributed by atoms with E-state index in [4.69, 9.17) is 4.74 Å². The van der Waals surface area contributed by atoms with E-state index >= 15 is 0 Å². The number of likely N-dealkylation sites (tertiary alicyclic amines) is 1. The predicted octanol–water partition coefficient (Wildman–Crippen LogP) is 0.563. The summed E-state index contributed by atoms with van der Waals surface area (Å²) in [4.78, 5) is 18.5. The van der Waals surface area contributed by atoms with Crippen molar-refractivity contribution in [1.82, 2.24) is 14.5 Å². The van der Waals surface area contributed by atoms with Gasteiger partial charge in [0.25, 0.3) is 0 Å². The number of fused-ring (bicyclic) bond motifs is 1. The molecule has 1 aliphatic heterocycles. The summed E-state index contributed by atoms with van der Waals surface area (Å²) in [7, 11) is 1.55. The van der Waals surface area contributed by atoms with E-state index < -0.39 is 6.10 Å². The quantitative estimate of drug-likeness (QED) is 0.896. The highest BCUT2D eigenvalue weighted by Gasteiger charge is 2.34. The summed E-state index contributed by atoms with van der Waals surface area (Å²) < 4.78 is 7.08. The van der Waals surface area contributed by atoms with Crippen molar-refractivity contribution in [3.63, 3.8) is 0 Å². The molecule has 1 aromatic carbocycles. The van der Waals surface area contributed by atoms with E-state index in [2.05, 4.69) is 4.98 Å². The van der Waals surface area contributed by atoms with Crippen LogP contribution in [0.3, 0.4) is 0 Å². The molecule has 0 unspecified atom stereocenters. The average Bonchev–Trinajstić information content (AvgIpc) is 3.00. The lowest BCUT2D eigenvalue weighted by molar-refractivity contribution is -0.131. The van der Waals surface area contributed by atoms with Crippen molar-refractivity contribution in [3.8, 4) is 0 Å². The second-order valence-corrected chi connectivity index (χ2v) is 5.37. The molecule has 1 aromatic heterocycles. The number of methoxy groups -OCH3 is 1. The Bertz CT molecular complexity index is 667. The molecule has 3 rings (SSSR count). The third-order valence-electron chi connectivity index (χ3n) is 4.03. The first-order valence-corrected chi connectivity index (χ1v) is 7.00. The number of hydrogen-bond donors (Lipinski definition) is 1. The first-order valence-electron chi connectivity index (χ1n) is 7.00. The first kappa shape index (κ1) is 14.0. The lowest BCUT2D eigenvalue weighted by Gasteiger charge is -2.17. The molecule has 6 nitrogen and oxygen atoms in total. The fraction of sp³-hybridized carbons (Fsp3) is 0.467. The van der Waals surface area contributed by atoms with Crippen LogP contribution in [0.1, 0.15) is 5.82 Å². The van der Waals surface area contributed by atoms with Crippen molar-refractivity contribution in [2.24, 2.45) is 0 Å². The third-order valence-corrected chi connectivity index (χ3v) is 4.03. The van der Waals surface area contributed by atoms with Gasteiger partial charge in [-0.1, -0.05) is 12.1 Å². The Morgan fingerprint density at radius 2 is 2.19 bits per heavy atom. The fourth-order valence-electron chi connectivity index (χ4n) is 2.82. The third kappa shape index (κ3) is 2.52. The van der Waals surface area contributed by atoms with E-state index in [9.17, 15) is 9.90 Å². The maximum atomic E-state index is 12.4.